The summed E-state index contributed by atoms with van der Waals surface area (Å²) in [6.07, 6.45) is 3.06. The minimum atomic E-state index is -0.406. The van der Waals surface area contributed by atoms with Gasteiger partial charge in [-0.25, -0.2) is 0 Å². The predicted octanol–water partition coefficient (Wildman–Crippen LogP) is -0.420. The second kappa shape index (κ2) is 11.2. The van der Waals surface area contributed by atoms with Crippen molar-refractivity contribution in [3.8, 4) is 0 Å². The number of carbonyl (C=O) groups is 1. The molecular weight excluding hydrogens is 246 g/mol. The van der Waals surface area contributed by atoms with Gasteiger partial charge in [0.05, 0.1) is 6.61 Å². The fourth-order valence-electron chi connectivity index (χ4n) is 1.99. The van der Waals surface area contributed by atoms with Gasteiger partial charge in [0.25, 0.3) is 0 Å². The van der Waals surface area contributed by atoms with Crippen LogP contribution in [0.15, 0.2) is 0 Å². The van der Waals surface area contributed by atoms with E-state index in [1.807, 2.05) is 0 Å². The van der Waals surface area contributed by atoms with Gasteiger partial charge in [0, 0.05) is 45.9 Å². The van der Waals surface area contributed by atoms with Gasteiger partial charge in [-0.15, -0.1) is 0 Å². The summed E-state index contributed by atoms with van der Waals surface area (Å²) in [5.41, 5.74) is 4.96. The summed E-state index contributed by atoms with van der Waals surface area (Å²) in [6.45, 7) is 7.71. The molecule has 1 amide bonds. The highest BCUT2D eigenvalue weighted by atomic mass is 16.5. The summed E-state index contributed by atoms with van der Waals surface area (Å²) in [5.74, 6) is -0.406. The Morgan fingerprint density at radius 1 is 1.05 bits per heavy atom. The van der Waals surface area contributed by atoms with Crippen LogP contribution in [-0.4, -0.2) is 70.0 Å². The first-order valence-corrected chi connectivity index (χ1v) is 7.16. The Balaban J connectivity index is 1.74. The molecule has 0 spiro atoms. The van der Waals surface area contributed by atoms with E-state index >= 15 is 0 Å². The van der Waals surface area contributed by atoms with Crippen LogP contribution in [0.4, 0.5) is 0 Å². The van der Waals surface area contributed by atoms with E-state index in [0.29, 0.717) is 6.61 Å². The van der Waals surface area contributed by atoms with Crippen molar-refractivity contribution in [2.24, 2.45) is 5.73 Å². The first-order chi connectivity index (χ1) is 9.29. The zero-order valence-electron chi connectivity index (χ0n) is 11.7. The van der Waals surface area contributed by atoms with Gasteiger partial charge in [-0.3, -0.25) is 9.69 Å². The molecule has 6 heteroatoms. The van der Waals surface area contributed by atoms with E-state index in [1.54, 1.807) is 0 Å². The summed E-state index contributed by atoms with van der Waals surface area (Å²) in [4.78, 5) is 12.8. The molecule has 112 valence electrons. The number of nitrogens with zero attached hydrogens (tertiary/aromatic N) is 1. The highest BCUT2D eigenvalue weighted by Gasteiger charge is 2.08. The van der Waals surface area contributed by atoms with Gasteiger partial charge in [-0.05, 0) is 19.3 Å². The van der Waals surface area contributed by atoms with Crippen molar-refractivity contribution >= 4 is 5.91 Å². The number of primary amides is 1. The molecule has 0 aromatic carbocycles. The lowest BCUT2D eigenvalue weighted by molar-refractivity contribution is -0.122. The predicted molar refractivity (Wildman–Crippen MR) is 74.0 cm³/mol. The van der Waals surface area contributed by atoms with Crippen molar-refractivity contribution < 1.29 is 14.3 Å². The Bertz CT molecular complexity index is 233. The van der Waals surface area contributed by atoms with Crippen molar-refractivity contribution in [2.45, 2.75) is 19.3 Å². The van der Waals surface area contributed by atoms with Gasteiger partial charge in [0.15, 0.2) is 0 Å². The summed E-state index contributed by atoms with van der Waals surface area (Å²) >= 11 is 0. The second-order valence-corrected chi connectivity index (χ2v) is 4.78. The average Bonchev–Trinajstić information content (AvgIpc) is 2.42. The molecule has 19 heavy (non-hydrogen) atoms. The smallest absolute Gasteiger partial charge is 0.243 e. The molecule has 6 nitrogen and oxygen atoms in total. The maximum atomic E-state index is 10.4. The summed E-state index contributed by atoms with van der Waals surface area (Å²) in [5, 5.41) is 3.33. The quantitative estimate of drug-likeness (QED) is 0.500. The molecule has 0 aromatic rings. The molecule has 0 bridgehead atoms. The molecule has 1 saturated heterocycles. The van der Waals surface area contributed by atoms with Crippen LogP contribution in [0.2, 0.25) is 0 Å². The first kappa shape index (κ1) is 16.4. The van der Waals surface area contributed by atoms with Crippen LogP contribution in [0, 0.1) is 0 Å². The molecule has 0 unspecified atom stereocenters. The van der Waals surface area contributed by atoms with Gasteiger partial charge in [-0.2, -0.15) is 0 Å². The maximum absolute atomic E-state index is 10.4. The Kier molecular flexibility index (Phi) is 9.61. The lowest BCUT2D eigenvalue weighted by Crippen LogP contribution is -2.44. The number of amides is 1. The molecule has 3 N–H and O–H groups in total. The summed E-state index contributed by atoms with van der Waals surface area (Å²) in [7, 11) is 0. The van der Waals surface area contributed by atoms with Gasteiger partial charge >= 0.3 is 0 Å². The molecule has 0 aromatic heterocycles. The largest absolute Gasteiger partial charge is 0.380 e. The van der Waals surface area contributed by atoms with E-state index in [0.717, 1.165) is 65.2 Å². The molecular formula is C13H27N3O3. The SMILES string of the molecule is NC(=O)COCCCCCOCCN1CCNCC1. The van der Waals surface area contributed by atoms with Crippen LogP contribution in [0.25, 0.3) is 0 Å². The number of hydrogen-bond donors (Lipinski definition) is 2. The van der Waals surface area contributed by atoms with E-state index in [-0.39, 0.29) is 6.61 Å². The summed E-state index contributed by atoms with van der Waals surface area (Å²) < 4.78 is 10.7. The standard InChI is InChI=1S/C13H27N3O3/c14-13(17)12-19-10-3-1-2-9-18-11-8-16-6-4-15-5-7-16/h15H,1-12H2,(H2,14,17). The Labute approximate surface area is 115 Å². The molecule has 1 rings (SSSR count). The van der Waals surface area contributed by atoms with Crippen LogP contribution in [-0.2, 0) is 14.3 Å². The number of carbonyl (C=O) groups excluding carboxylic acids is 1. The fourth-order valence-corrected chi connectivity index (χ4v) is 1.99. The normalized spacial score (nSPS) is 16.6. The first-order valence-electron chi connectivity index (χ1n) is 7.16. The highest BCUT2D eigenvalue weighted by Crippen LogP contribution is 1.97. The van der Waals surface area contributed by atoms with Gasteiger partial charge in [0.2, 0.25) is 5.91 Å². The third kappa shape index (κ3) is 9.84. The Morgan fingerprint density at radius 3 is 2.42 bits per heavy atom. The minimum absolute atomic E-state index is 0.0290. The zero-order valence-corrected chi connectivity index (χ0v) is 11.7. The van der Waals surface area contributed by atoms with E-state index in [1.165, 1.54) is 0 Å². The minimum Gasteiger partial charge on any atom is -0.380 e. The van der Waals surface area contributed by atoms with E-state index in [2.05, 4.69) is 10.2 Å². The Hall–Kier alpha value is -0.690. The van der Waals surface area contributed by atoms with Crippen molar-refractivity contribution in [1.82, 2.24) is 10.2 Å². The second-order valence-electron chi connectivity index (χ2n) is 4.78. The van der Waals surface area contributed by atoms with Crippen LogP contribution in [0.5, 0.6) is 0 Å². The molecule has 1 aliphatic rings. The molecule has 1 fully saturated rings. The van der Waals surface area contributed by atoms with Gasteiger partial charge in [-0.1, -0.05) is 0 Å². The summed E-state index contributed by atoms with van der Waals surface area (Å²) in [6, 6.07) is 0. The molecule has 0 aliphatic carbocycles. The van der Waals surface area contributed by atoms with Gasteiger partial charge in [0.1, 0.15) is 6.61 Å². The maximum Gasteiger partial charge on any atom is 0.243 e. The van der Waals surface area contributed by atoms with Crippen LogP contribution in [0.3, 0.4) is 0 Å². The number of piperazine rings is 1. The fraction of sp³-hybridized carbons (Fsp3) is 0.923. The number of rotatable bonds is 11. The van der Waals surface area contributed by atoms with E-state index in [4.69, 9.17) is 15.2 Å². The number of nitrogens with two attached hydrogens (primary N) is 1. The average molecular weight is 273 g/mol. The molecule has 0 radical (unpaired) electrons. The third-order valence-corrected chi connectivity index (χ3v) is 3.08. The van der Waals surface area contributed by atoms with Crippen molar-refractivity contribution in [3.05, 3.63) is 0 Å². The van der Waals surface area contributed by atoms with Crippen LogP contribution in [0.1, 0.15) is 19.3 Å². The van der Waals surface area contributed by atoms with Gasteiger partial charge < -0.3 is 20.5 Å². The zero-order chi connectivity index (χ0) is 13.8. The van der Waals surface area contributed by atoms with Crippen molar-refractivity contribution in [1.29, 1.82) is 0 Å². The highest BCUT2D eigenvalue weighted by molar-refractivity contribution is 5.74. The molecule has 1 aliphatic heterocycles. The molecule has 0 atom stereocenters. The third-order valence-electron chi connectivity index (χ3n) is 3.08. The van der Waals surface area contributed by atoms with Crippen molar-refractivity contribution in [2.75, 3.05) is 59.2 Å². The molecule has 1 heterocycles. The monoisotopic (exact) mass is 273 g/mol. The number of unbranched alkanes of at least 4 members (excludes halogenated alkanes) is 2. The number of hydrogen-bond acceptors (Lipinski definition) is 5. The molecule has 0 saturated carbocycles. The topological polar surface area (TPSA) is 76.8 Å². The lowest BCUT2D eigenvalue weighted by Gasteiger charge is -2.26. The van der Waals surface area contributed by atoms with Crippen LogP contribution < -0.4 is 11.1 Å². The number of nitrogens with one attached hydrogen (secondary N) is 1. The lowest BCUT2D eigenvalue weighted by atomic mass is 10.2. The van der Waals surface area contributed by atoms with Crippen LogP contribution >= 0.6 is 0 Å². The Morgan fingerprint density at radius 2 is 1.74 bits per heavy atom. The van der Waals surface area contributed by atoms with E-state index in [9.17, 15) is 4.79 Å². The van der Waals surface area contributed by atoms with Crippen molar-refractivity contribution in [3.63, 3.8) is 0 Å². The number of ether oxygens (including phenoxy) is 2. The van der Waals surface area contributed by atoms with E-state index < -0.39 is 5.91 Å².